The van der Waals surface area contributed by atoms with Crippen LogP contribution in [0.1, 0.15) is 44.6 Å². The van der Waals surface area contributed by atoms with Gasteiger partial charge in [0.05, 0.1) is 0 Å². The molecule has 0 radical (unpaired) electrons. The highest BCUT2D eigenvalue weighted by molar-refractivity contribution is 7.91. The summed E-state index contributed by atoms with van der Waals surface area (Å²) in [5.41, 5.74) is 4.15. The Morgan fingerprint density at radius 2 is 1.65 bits per heavy atom. The molecule has 37 heavy (non-hydrogen) atoms. The second-order valence-corrected chi connectivity index (χ2v) is 11.6. The lowest BCUT2D eigenvalue weighted by atomic mass is 10.0. The standard InChI is InChI=1S/C28H35N3O5S/c1-20(32)11-5-3-8-16-25(30-26(33)19-37(2,35)36)28(34)29-18-17-23-22-14-9-10-15-24(22)31-27(23)21-12-6-4-7-13-21/h4,6-7,9-10,12-15,25,31H,3,5,8,11,16-19H2,1-2H3,(H,29,34)(H,30,33)/t25-/m0/s1. The minimum atomic E-state index is -3.52. The van der Waals surface area contributed by atoms with Crippen molar-refractivity contribution in [3.63, 3.8) is 0 Å². The van der Waals surface area contributed by atoms with E-state index in [0.29, 0.717) is 38.6 Å². The third-order valence-electron chi connectivity index (χ3n) is 6.12. The minimum absolute atomic E-state index is 0.114. The number of unbranched alkanes of at least 4 members (excludes halogenated alkanes) is 2. The molecule has 3 rings (SSSR count). The molecule has 3 N–H and O–H groups in total. The van der Waals surface area contributed by atoms with Gasteiger partial charge in [0.2, 0.25) is 11.8 Å². The molecule has 0 fully saturated rings. The van der Waals surface area contributed by atoms with Crippen molar-refractivity contribution in [3.05, 3.63) is 60.2 Å². The number of ketones is 1. The molecule has 8 nitrogen and oxygen atoms in total. The van der Waals surface area contributed by atoms with Gasteiger partial charge in [-0.1, -0.05) is 61.4 Å². The fourth-order valence-corrected chi connectivity index (χ4v) is 4.95. The Labute approximate surface area is 218 Å². The predicted molar refractivity (Wildman–Crippen MR) is 146 cm³/mol. The first-order valence-electron chi connectivity index (χ1n) is 12.5. The van der Waals surface area contributed by atoms with Crippen LogP contribution >= 0.6 is 0 Å². The van der Waals surface area contributed by atoms with Crippen LogP contribution in [-0.4, -0.2) is 55.6 Å². The van der Waals surface area contributed by atoms with E-state index in [1.54, 1.807) is 6.92 Å². The molecule has 0 aliphatic heterocycles. The van der Waals surface area contributed by atoms with Gasteiger partial charge in [-0.25, -0.2) is 8.42 Å². The van der Waals surface area contributed by atoms with Gasteiger partial charge in [-0.15, -0.1) is 0 Å². The maximum atomic E-state index is 13.0. The van der Waals surface area contributed by atoms with E-state index in [1.165, 1.54) is 0 Å². The lowest BCUT2D eigenvalue weighted by Gasteiger charge is -2.18. The molecule has 0 aliphatic rings. The highest BCUT2D eigenvalue weighted by Crippen LogP contribution is 2.30. The molecule has 9 heteroatoms. The number of nitrogens with one attached hydrogen (secondary N) is 3. The smallest absolute Gasteiger partial charge is 0.242 e. The largest absolute Gasteiger partial charge is 0.354 e. The normalized spacial score (nSPS) is 12.3. The summed E-state index contributed by atoms with van der Waals surface area (Å²) >= 11 is 0. The van der Waals surface area contributed by atoms with E-state index in [1.807, 2.05) is 54.6 Å². The van der Waals surface area contributed by atoms with Gasteiger partial charge in [0, 0.05) is 35.8 Å². The number of Topliss-reactive ketones (excluding diaryl/α,β-unsaturated/α-hetero) is 1. The number of amides is 2. The molecule has 0 saturated heterocycles. The van der Waals surface area contributed by atoms with Crippen molar-refractivity contribution in [2.24, 2.45) is 0 Å². The Hall–Kier alpha value is -3.46. The molecule has 198 valence electrons. The average Bonchev–Trinajstić information content (AvgIpc) is 3.21. The lowest BCUT2D eigenvalue weighted by molar-refractivity contribution is -0.128. The molecule has 1 heterocycles. The molecular weight excluding hydrogens is 490 g/mol. The van der Waals surface area contributed by atoms with Crippen molar-refractivity contribution in [1.29, 1.82) is 0 Å². The number of aromatic nitrogens is 1. The summed E-state index contributed by atoms with van der Waals surface area (Å²) < 4.78 is 23.0. The molecule has 0 spiro atoms. The molecule has 3 aromatic rings. The van der Waals surface area contributed by atoms with Crippen molar-refractivity contribution in [2.45, 2.75) is 51.5 Å². The number of carbonyl (C=O) groups is 3. The van der Waals surface area contributed by atoms with E-state index >= 15 is 0 Å². The van der Waals surface area contributed by atoms with Gasteiger partial charge in [0.1, 0.15) is 17.6 Å². The first-order valence-corrected chi connectivity index (χ1v) is 14.6. The summed E-state index contributed by atoms with van der Waals surface area (Å²) in [6.07, 6.45) is 4.47. The number of H-pyrrole nitrogens is 1. The SMILES string of the molecule is CC(=O)CCCCC[C@H](NC(=O)CS(C)(=O)=O)C(=O)NCCc1c(-c2ccccc2)[nH]c2ccccc12. The first-order chi connectivity index (χ1) is 17.6. The Morgan fingerprint density at radius 1 is 0.946 bits per heavy atom. The zero-order chi connectivity index (χ0) is 26.8. The third kappa shape index (κ3) is 8.86. The molecule has 0 bridgehead atoms. The summed E-state index contributed by atoms with van der Waals surface area (Å²) in [6.45, 7) is 1.89. The lowest BCUT2D eigenvalue weighted by Crippen LogP contribution is -2.48. The maximum Gasteiger partial charge on any atom is 0.242 e. The summed E-state index contributed by atoms with van der Waals surface area (Å²) in [6, 6.07) is 17.2. The van der Waals surface area contributed by atoms with Crippen molar-refractivity contribution in [3.8, 4) is 11.3 Å². The Morgan fingerprint density at radius 3 is 2.35 bits per heavy atom. The van der Waals surface area contributed by atoms with Crippen molar-refractivity contribution < 1.29 is 22.8 Å². The van der Waals surface area contributed by atoms with Gasteiger partial charge < -0.3 is 20.4 Å². The topological polar surface area (TPSA) is 125 Å². The highest BCUT2D eigenvalue weighted by atomic mass is 32.2. The van der Waals surface area contributed by atoms with Gasteiger partial charge >= 0.3 is 0 Å². The summed E-state index contributed by atoms with van der Waals surface area (Å²) in [5, 5.41) is 6.58. The Bertz CT molecular complexity index is 1330. The number of sulfone groups is 1. The number of aromatic amines is 1. The number of para-hydroxylation sites is 1. The number of carbonyl (C=O) groups excluding carboxylic acids is 3. The van der Waals surface area contributed by atoms with Crippen LogP contribution in [0.5, 0.6) is 0 Å². The van der Waals surface area contributed by atoms with Crippen LogP contribution in [-0.2, 0) is 30.6 Å². The minimum Gasteiger partial charge on any atom is -0.354 e. The molecule has 0 saturated carbocycles. The summed E-state index contributed by atoms with van der Waals surface area (Å²) in [7, 11) is -3.52. The van der Waals surface area contributed by atoms with Gasteiger partial charge in [0.25, 0.3) is 0 Å². The zero-order valence-electron chi connectivity index (χ0n) is 21.4. The zero-order valence-corrected chi connectivity index (χ0v) is 22.2. The maximum absolute atomic E-state index is 13.0. The number of benzene rings is 2. The third-order valence-corrected chi connectivity index (χ3v) is 6.90. The Balaban J connectivity index is 1.67. The molecule has 1 aromatic heterocycles. The van der Waals surface area contributed by atoms with Crippen molar-refractivity contribution in [2.75, 3.05) is 18.6 Å². The summed E-state index contributed by atoms with van der Waals surface area (Å²) in [4.78, 5) is 39.9. The molecular formula is C28H35N3O5S. The van der Waals surface area contributed by atoms with Crippen LogP contribution in [0.25, 0.3) is 22.2 Å². The number of hydrogen-bond donors (Lipinski definition) is 3. The van der Waals surface area contributed by atoms with Gasteiger partial charge in [-0.2, -0.15) is 0 Å². The van der Waals surface area contributed by atoms with E-state index < -0.39 is 27.5 Å². The van der Waals surface area contributed by atoms with Crippen molar-refractivity contribution in [1.82, 2.24) is 15.6 Å². The predicted octanol–water partition coefficient (Wildman–Crippen LogP) is 3.56. The highest BCUT2D eigenvalue weighted by Gasteiger charge is 2.22. The van der Waals surface area contributed by atoms with Crippen LogP contribution in [0.2, 0.25) is 0 Å². The van der Waals surface area contributed by atoms with Crippen LogP contribution < -0.4 is 10.6 Å². The van der Waals surface area contributed by atoms with Crippen LogP contribution in [0.15, 0.2) is 54.6 Å². The van der Waals surface area contributed by atoms with E-state index in [2.05, 4.69) is 15.6 Å². The average molecular weight is 526 g/mol. The fraction of sp³-hybridized carbons (Fsp3) is 0.393. The van der Waals surface area contributed by atoms with Crippen LogP contribution in [0.4, 0.5) is 0 Å². The van der Waals surface area contributed by atoms with Gasteiger partial charge in [0.15, 0.2) is 9.84 Å². The van der Waals surface area contributed by atoms with Gasteiger partial charge in [-0.3, -0.25) is 9.59 Å². The van der Waals surface area contributed by atoms with Crippen LogP contribution in [0, 0.1) is 0 Å². The molecule has 0 unspecified atom stereocenters. The number of rotatable bonds is 14. The van der Waals surface area contributed by atoms with Gasteiger partial charge in [-0.05, 0) is 43.4 Å². The second kappa shape index (κ2) is 13.2. The molecule has 2 aromatic carbocycles. The van der Waals surface area contributed by atoms with E-state index in [9.17, 15) is 22.8 Å². The molecule has 2 amide bonds. The second-order valence-electron chi connectivity index (χ2n) is 9.42. The number of fused-ring (bicyclic) bond motifs is 1. The first kappa shape index (κ1) is 28.1. The van der Waals surface area contributed by atoms with Crippen molar-refractivity contribution >= 4 is 38.3 Å². The molecule has 0 aliphatic carbocycles. The van der Waals surface area contributed by atoms with E-state index in [-0.39, 0.29) is 11.7 Å². The number of hydrogen-bond acceptors (Lipinski definition) is 5. The summed E-state index contributed by atoms with van der Waals surface area (Å²) in [5.74, 6) is -1.61. The monoisotopic (exact) mass is 525 g/mol. The van der Waals surface area contributed by atoms with Crippen LogP contribution in [0.3, 0.4) is 0 Å². The quantitative estimate of drug-likeness (QED) is 0.278. The van der Waals surface area contributed by atoms with E-state index in [4.69, 9.17) is 0 Å². The fourth-order valence-electron chi connectivity index (χ4n) is 4.39. The molecule has 1 atom stereocenters. The Kier molecular flexibility index (Phi) is 10.0. The van der Waals surface area contributed by atoms with E-state index in [0.717, 1.165) is 40.4 Å².